The van der Waals surface area contributed by atoms with E-state index in [0.29, 0.717) is 30.5 Å². The third-order valence-corrected chi connectivity index (χ3v) is 4.75. The minimum atomic E-state index is -0.580. The van der Waals surface area contributed by atoms with E-state index in [-0.39, 0.29) is 6.61 Å². The van der Waals surface area contributed by atoms with Gasteiger partial charge < -0.3 is 31.1 Å². The minimum absolute atomic E-state index is 0.201. The topological polar surface area (TPSA) is 121 Å². The van der Waals surface area contributed by atoms with E-state index >= 15 is 0 Å². The maximum absolute atomic E-state index is 9.84. The number of aliphatic hydroxyl groups is 1. The molecule has 0 spiro atoms. The minimum Gasteiger partial charge on any atom is -0.491 e. The summed E-state index contributed by atoms with van der Waals surface area (Å²) in [6.45, 7) is 4.86. The molecule has 1 saturated heterocycles. The second-order valence-corrected chi connectivity index (χ2v) is 6.95. The Kier molecular flexibility index (Phi) is 6.84. The van der Waals surface area contributed by atoms with Crippen LogP contribution >= 0.6 is 0 Å². The maximum atomic E-state index is 9.84. The first kappa shape index (κ1) is 20.8. The van der Waals surface area contributed by atoms with Gasteiger partial charge in [-0.15, -0.1) is 0 Å². The molecular weight excluding hydrogens is 370 g/mol. The van der Waals surface area contributed by atoms with Gasteiger partial charge >= 0.3 is 0 Å². The fourth-order valence-electron chi connectivity index (χ4n) is 3.15. The van der Waals surface area contributed by atoms with Crippen LogP contribution in [0.3, 0.4) is 0 Å². The zero-order chi connectivity index (χ0) is 20.8. The fraction of sp³-hybridized carbons (Fsp3) is 0.450. The Morgan fingerprint density at radius 2 is 2.24 bits per heavy atom. The van der Waals surface area contributed by atoms with E-state index in [9.17, 15) is 5.11 Å². The maximum Gasteiger partial charge on any atom is 0.164 e. The number of hydrogen-bond acceptors (Lipinski definition) is 8. The van der Waals surface area contributed by atoms with E-state index in [1.165, 1.54) is 0 Å². The lowest BCUT2D eigenvalue weighted by atomic mass is 10.2. The number of aliphatic imine (C=N–C) groups is 1. The molecule has 1 fully saturated rings. The van der Waals surface area contributed by atoms with Crippen LogP contribution in [-0.2, 0) is 0 Å². The number of aromatic nitrogens is 2. The molecular formula is C20H29N7O2. The lowest BCUT2D eigenvalue weighted by molar-refractivity contribution is 0.108. The molecule has 1 aromatic carbocycles. The first-order valence-corrected chi connectivity index (χ1v) is 9.66. The molecule has 1 atom stereocenters. The van der Waals surface area contributed by atoms with Crippen LogP contribution < -0.4 is 26.0 Å². The Balaban J connectivity index is 1.86. The average Bonchev–Trinajstić information content (AvgIpc) is 2.74. The molecule has 1 unspecified atom stereocenters. The predicted octanol–water partition coefficient (Wildman–Crippen LogP) is 0.431. The molecule has 29 heavy (non-hydrogen) atoms. The van der Waals surface area contributed by atoms with Crippen LogP contribution in [-0.4, -0.2) is 73.9 Å². The molecule has 9 nitrogen and oxygen atoms in total. The number of ether oxygens (including phenoxy) is 1. The summed E-state index contributed by atoms with van der Waals surface area (Å²) in [6, 6.07) is 7.49. The zero-order valence-corrected chi connectivity index (χ0v) is 17.1. The number of amidine groups is 1. The van der Waals surface area contributed by atoms with E-state index in [1.54, 1.807) is 14.1 Å². The van der Waals surface area contributed by atoms with Crippen molar-refractivity contribution in [3.8, 4) is 17.1 Å². The van der Waals surface area contributed by atoms with Gasteiger partial charge in [0.25, 0.3) is 0 Å². The highest BCUT2D eigenvalue weighted by Crippen LogP contribution is 2.28. The Labute approximate surface area is 171 Å². The van der Waals surface area contributed by atoms with Crippen molar-refractivity contribution >= 4 is 17.5 Å². The van der Waals surface area contributed by atoms with Crippen LogP contribution in [0.15, 0.2) is 29.3 Å². The van der Waals surface area contributed by atoms with Crippen molar-refractivity contribution in [2.24, 2.45) is 4.99 Å². The first-order valence-electron chi connectivity index (χ1n) is 9.66. The number of rotatable bonds is 7. The summed E-state index contributed by atoms with van der Waals surface area (Å²) in [5.41, 5.74) is 7.87. The standard InChI is InChI=1S/C20H29N7O2/c1-13-18(21)25-19(26-20(13)27-8-7-24-17(11-27)23-3)14-5-4-6-16(9-14)29-12-15(28)10-22-2/h4-6,9,15,22,28H,7-8,10-12H2,1-3H3,(H,23,24)(H2,21,25,26). The van der Waals surface area contributed by atoms with Gasteiger partial charge in [-0.2, -0.15) is 0 Å². The van der Waals surface area contributed by atoms with Gasteiger partial charge in [0, 0.05) is 37.8 Å². The summed E-state index contributed by atoms with van der Waals surface area (Å²) in [5, 5.41) is 16.0. The monoisotopic (exact) mass is 399 g/mol. The second-order valence-electron chi connectivity index (χ2n) is 6.95. The van der Waals surface area contributed by atoms with Gasteiger partial charge in [0.05, 0.1) is 6.54 Å². The summed E-state index contributed by atoms with van der Waals surface area (Å²) in [6.07, 6.45) is -0.580. The summed E-state index contributed by atoms with van der Waals surface area (Å²) < 4.78 is 5.70. The number of likely N-dealkylation sites (N-methyl/N-ethyl adjacent to an activating group) is 1. The number of nitrogens with one attached hydrogen (secondary N) is 2. The molecule has 9 heteroatoms. The van der Waals surface area contributed by atoms with Crippen molar-refractivity contribution in [2.75, 3.05) is 57.5 Å². The van der Waals surface area contributed by atoms with E-state index < -0.39 is 6.10 Å². The Hall–Kier alpha value is -2.91. The Morgan fingerprint density at radius 3 is 3.00 bits per heavy atom. The molecule has 0 amide bonds. The van der Waals surface area contributed by atoms with E-state index in [4.69, 9.17) is 15.5 Å². The number of benzene rings is 1. The molecule has 0 radical (unpaired) electrons. The molecule has 1 aliphatic rings. The molecule has 0 saturated carbocycles. The molecule has 0 bridgehead atoms. The van der Waals surface area contributed by atoms with Crippen LogP contribution in [0.1, 0.15) is 5.56 Å². The first-order chi connectivity index (χ1) is 14.0. The molecule has 0 aliphatic carbocycles. The molecule has 1 aromatic heterocycles. The molecule has 3 rings (SSSR count). The highest BCUT2D eigenvalue weighted by Gasteiger charge is 2.21. The molecule has 5 N–H and O–H groups in total. The van der Waals surface area contributed by atoms with Gasteiger partial charge in [0.1, 0.15) is 35.9 Å². The summed E-state index contributed by atoms with van der Waals surface area (Å²) >= 11 is 0. The number of aliphatic hydroxyl groups excluding tert-OH is 1. The van der Waals surface area contributed by atoms with Crippen LogP contribution in [0.5, 0.6) is 5.75 Å². The molecule has 2 aromatic rings. The third-order valence-electron chi connectivity index (χ3n) is 4.75. The summed E-state index contributed by atoms with van der Waals surface area (Å²) in [7, 11) is 3.56. The smallest absolute Gasteiger partial charge is 0.164 e. The van der Waals surface area contributed by atoms with Crippen LogP contribution in [0.2, 0.25) is 0 Å². The molecule has 2 heterocycles. The van der Waals surface area contributed by atoms with Gasteiger partial charge in [0.2, 0.25) is 0 Å². The number of nitrogen functional groups attached to an aromatic ring is 1. The van der Waals surface area contributed by atoms with E-state index in [0.717, 1.165) is 35.9 Å². The van der Waals surface area contributed by atoms with Crippen molar-refractivity contribution in [3.63, 3.8) is 0 Å². The van der Waals surface area contributed by atoms with Crippen LogP contribution in [0, 0.1) is 6.92 Å². The highest BCUT2D eigenvalue weighted by molar-refractivity contribution is 5.88. The normalized spacial score (nSPS) is 16.6. The molecule has 1 aliphatic heterocycles. The van der Waals surface area contributed by atoms with Gasteiger partial charge in [0.15, 0.2) is 5.82 Å². The van der Waals surface area contributed by atoms with Crippen molar-refractivity contribution in [2.45, 2.75) is 13.0 Å². The highest BCUT2D eigenvalue weighted by atomic mass is 16.5. The number of piperazine rings is 1. The van der Waals surface area contributed by atoms with Gasteiger partial charge in [-0.05, 0) is 26.1 Å². The second kappa shape index (κ2) is 9.53. The third kappa shape index (κ3) is 5.12. The van der Waals surface area contributed by atoms with Crippen LogP contribution in [0.25, 0.3) is 11.4 Å². The summed E-state index contributed by atoms with van der Waals surface area (Å²) in [4.78, 5) is 15.7. The zero-order valence-electron chi connectivity index (χ0n) is 17.1. The van der Waals surface area contributed by atoms with E-state index in [2.05, 4.69) is 25.5 Å². The van der Waals surface area contributed by atoms with Crippen LogP contribution in [0.4, 0.5) is 11.6 Å². The van der Waals surface area contributed by atoms with Gasteiger partial charge in [-0.3, -0.25) is 4.99 Å². The van der Waals surface area contributed by atoms with Crippen molar-refractivity contribution in [1.82, 2.24) is 20.6 Å². The Morgan fingerprint density at radius 1 is 1.41 bits per heavy atom. The van der Waals surface area contributed by atoms with Gasteiger partial charge in [-0.1, -0.05) is 12.1 Å². The number of nitrogens with zero attached hydrogens (tertiary/aromatic N) is 4. The number of nitrogens with two attached hydrogens (primary N) is 1. The Bertz CT molecular complexity index is 872. The molecule has 156 valence electrons. The van der Waals surface area contributed by atoms with Crippen molar-refractivity contribution in [1.29, 1.82) is 0 Å². The number of hydrogen-bond donors (Lipinski definition) is 4. The fourth-order valence-corrected chi connectivity index (χ4v) is 3.15. The van der Waals surface area contributed by atoms with Gasteiger partial charge in [-0.25, -0.2) is 9.97 Å². The average molecular weight is 399 g/mol. The SMILES string of the molecule is CN=C1CN(c2nc(-c3cccc(OCC(O)CNC)c3)nc(N)c2C)CCN1. The summed E-state index contributed by atoms with van der Waals surface area (Å²) in [5.74, 6) is 3.37. The lowest BCUT2D eigenvalue weighted by Crippen LogP contribution is -2.48. The van der Waals surface area contributed by atoms with E-state index in [1.807, 2.05) is 31.2 Å². The number of anilines is 2. The lowest BCUT2D eigenvalue weighted by Gasteiger charge is -2.31. The quantitative estimate of drug-likeness (QED) is 0.529. The van der Waals surface area contributed by atoms with Crippen molar-refractivity contribution in [3.05, 3.63) is 29.8 Å². The largest absolute Gasteiger partial charge is 0.491 e. The van der Waals surface area contributed by atoms with Crippen molar-refractivity contribution < 1.29 is 9.84 Å². The predicted molar refractivity (Wildman–Crippen MR) is 116 cm³/mol.